The Morgan fingerprint density at radius 2 is 1.57 bits per heavy atom. The van der Waals surface area contributed by atoms with Crippen LogP contribution in [0.15, 0.2) is 78.4 Å². The maximum atomic E-state index is 13.4. The van der Waals surface area contributed by atoms with Crippen LogP contribution in [0, 0.1) is 0 Å². The summed E-state index contributed by atoms with van der Waals surface area (Å²) in [7, 11) is 2.83. The molecule has 1 unspecified atom stereocenters. The molecule has 3 aromatic rings. The van der Waals surface area contributed by atoms with E-state index in [0.717, 1.165) is 23.1 Å². The van der Waals surface area contributed by atoms with Gasteiger partial charge in [-0.05, 0) is 35.9 Å². The van der Waals surface area contributed by atoms with Crippen molar-refractivity contribution in [2.75, 3.05) is 19.1 Å². The van der Waals surface area contributed by atoms with Gasteiger partial charge in [-0.3, -0.25) is 14.5 Å². The molecule has 1 fully saturated rings. The van der Waals surface area contributed by atoms with Gasteiger partial charge in [-0.25, -0.2) is 0 Å². The summed E-state index contributed by atoms with van der Waals surface area (Å²) < 4.78 is 50.8. The smallest absolute Gasteiger partial charge is 0.416 e. The number of aliphatic hydroxyl groups is 1. The minimum atomic E-state index is -4.66. The van der Waals surface area contributed by atoms with Crippen molar-refractivity contribution in [3.8, 4) is 11.5 Å². The molecular weight excluding hydrogens is 463 g/mol. The Balaban J connectivity index is 1.97. The lowest BCUT2D eigenvalue weighted by Crippen LogP contribution is -2.29. The van der Waals surface area contributed by atoms with Gasteiger partial charge in [0.2, 0.25) is 0 Å². The molecule has 0 bridgehead atoms. The summed E-state index contributed by atoms with van der Waals surface area (Å²) in [6, 6.07) is 15.6. The molecule has 9 heteroatoms. The summed E-state index contributed by atoms with van der Waals surface area (Å²) in [6.45, 7) is 0. The zero-order valence-electron chi connectivity index (χ0n) is 18.7. The number of ether oxygens (including phenoxy) is 2. The van der Waals surface area contributed by atoms with Crippen molar-refractivity contribution in [2.24, 2.45) is 0 Å². The lowest BCUT2D eigenvalue weighted by Gasteiger charge is -2.26. The fraction of sp³-hybridized carbons (Fsp3) is 0.154. The van der Waals surface area contributed by atoms with E-state index in [-0.39, 0.29) is 22.6 Å². The second-order valence-electron chi connectivity index (χ2n) is 7.70. The third-order valence-corrected chi connectivity index (χ3v) is 5.67. The summed E-state index contributed by atoms with van der Waals surface area (Å²) in [4.78, 5) is 27.3. The molecule has 1 atom stereocenters. The predicted octanol–water partition coefficient (Wildman–Crippen LogP) is 5.35. The molecule has 6 nitrogen and oxygen atoms in total. The van der Waals surface area contributed by atoms with Crippen LogP contribution in [-0.4, -0.2) is 31.0 Å². The quantitative estimate of drug-likeness (QED) is 0.301. The SMILES string of the molecule is COc1ccc(C2/C(=C(\O)c3ccccc3)C(=O)C(=O)N2c2cccc(C(F)(F)F)c2)cc1OC. The van der Waals surface area contributed by atoms with Crippen molar-refractivity contribution in [1.29, 1.82) is 0 Å². The van der Waals surface area contributed by atoms with Crippen LogP contribution in [0.4, 0.5) is 18.9 Å². The Bertz CT molecular complexity index is 1320. The molecule has 0 radical (unpaired) electrons. The van der Waals surface area contributed by atoms with E-state index in [1.54, 1.807) is 42.5 Å². The number of alkyl halides is 3. The van der Waals surface area contributed by atoms with Gasteiger partial charge in [0.25, 0.3) is 11.7 Å². The Morgan fingerprint density at radius 1 is 0.886 bits per heavy atom. The van der Waals surface area contributed by atoms with Crippen molar-refractivity contribution < 1.29 is 37.3 Å². The van der Waals surface area contributed by atoms with E-state index in [1.165, 1.54) is 26.4 Å². The lowest BCUT2D eigenvalue weighted by molar-refractivity contribution is -0.137. The number of rotatable bonds is 5. The number of amides is 1. The van der Waals surface area contributed by atoms with Crippen LogP contribution in [0.1, 0.15) is 22.7 Å². The van der Waals surface area contributed by atoms with Gasteiger partial charge in [0.05, 0.1) is 31.4 Å². The van der Waals surface area contributed by atoms with Gasteiger partial charge >= 0.3 is 6.18 Å². The second kappa shape index (κ2) is 9.17. The van der Waals surface area contributed by atoms with Crippen LogP contribution < -0.4 is 14.4 Å². The molecule has 4 rings (SSSR count). The Morgan fingerprint density at radius 3 is 2.20 bits per heavy atom. The second-order valence-corrected chi connectivity index (χ2v) is 7.70. The highest BCUT2D eigenvalue weighted by Gasteiger charge is 2.47. The minimum absolute atomic E-state index is 0.145. The number of hydrogen-bond donors (Lipinski definition) is 1. The molecule has 0 aliphatic carbocycles. The van der Waals surface area contributed by atoms with Gasteiger partial charge in [0, 0.05) is 11.3 Å². The maximum Gasteiger partial charge on any atom is 0.416 e. The van der Waals surface area contributed by atoms with Crippen LogP contribution in [0.5, 0.6) is 11.5 Å². The number of methoxy groups -OCH3 is 2. The van der Waals surface area contributed by atoms with Crippen LogP contribution in [0.3, 0.4) is 0 Å². The van der Waals surface area contributed by atoms with Gasteiger partial charge < -0.3 is 14.6 Å². The first-order valence-corrected chi connectivity index (χ1v) is 10.4. The molecule has 1 N–H and O–H groups in total. The number of halogens is 3. The maximum absolute atomic E-state index is 13.4. The number of anilines is 1. The van der Waals surface area contributed by atoms with E-state index in [9.17, 15) is 27.9 Å². The molecule has 1 aliphatic rings. The van der Waals surface area contributed by atoms with E-state index >= 15 is 0 Å². The minimum Gasteiger partial charge on any atom is -0.507 e. The zero-order valence-corrected chi connectivity index (χ0v) is 18.7. The fourth-order valence-corrected chi connectivity index (χ4v) is 4.02. The Labute approximate surface area is 198 Å². The molecule has 1 amide bonds. The highest BCUT2D eigenvalue weighted by molar-refractivity contribution is 6.51. The molecular formula is C26H20F3NO5. The highest BCUT2D eigenvalue weighted by Crippen LogP contribution is 2.45. The van der Waals surface area contributed by atoms with E-state index < -0.39 is 35.2 Å². The Kier molecular flexibility index (Phi) is 6.26. The van der Waals surface area contributed by atoms with Crippen LogP contribution >= 0.6 is 0 Å². The monoisotopic (exact) mass is 483 g/mol. The molecule has 0 spiro atoms. The average molecular weight is 483 g/mol. The third-order valence-electron chi connectivity index (χ3n) is 5.67. The normalized spacial score (nSPS) is 17.5. The van der Waals surface area contributed by atoms with Crippen LogP contribution in [0.25, 0.3) is 5.76 Å². The predicted molar refractivity (Wildman–Crippen MR) is 122 cm³/mol. The number of Topliss-reactive ketones (excluding diaryl/α,β-unsaturated/α-hetero) is 1. The number of benzene rings is 3. The first-order chi connectivity index (χ1) is 16.7. The van der Waals surface area contributed by atoms with Crippen molar-refractivity contribution in [3.05, 3.63) is 95.1 Å². The van der Waals surface area contributed by atoms with Crippen LogP contribution in [-0.2, 0) is 15.8 Å². The number of ketones is 1. The molecule has 0 saturated carbocycles. The van der Waals surface area contributed by atoms with E-state index in [4.69, 9.17) is 9.47 Å². The number of aliphatic hydroxyl groups excluding tert-OH is 1. The standard InChI is InChI=1S/C26H20F3NO5/c1-34-19-12-11-16(13-20(19)35-2)22-21(23(31)15-7-4-3-5-8-15)24(32)25(33)30(22)18-10-6-9-17(14-18)26(27,28)29/h3-14,22,31H,1-2H3/b23-21+. The number of carbonyl (C=O) groups is 2. The zero-order chi connectivity index (χ0) is 25.3. The number of carbonyl (C=O) groups excluding carboxylic acids is 2. The first-order valence-electron chi connectivity index (χ1n) is 10.4. The molecule has 1 aliphatic heterocycles. The van der Waals surface area contributed by atoms with Gasteiger partial charge in [-0.1, -0.05) is 42.5 Å². The van der Waals surface area contributed by atoms with Crippen molar-refractivity contribution in [2.45, 2.75) is 12.2 Å². The molecule has 3 aromatic carbocycles. The first kappa shape index (κ1) is 23.9. The van der Waals surface area contributed by atoms with E-state index in [0.29, 0.717) is 11.3 Å². The van der Waals surface area contributed by atoms with Crippen molar-refractivity contribution in [1.82, 2.24) is 0 Å². The summed E-state index contributed by atoms with van der Waals surface area (Å²) in [5.74, 6) is -1.89. The van der Waals surface area contributed by atoms with Gasteiger partial charge in [0.1, 0.15) is 5.76 Å². The number of hydrogen-bond acceptors (Lipinski definition) is 5. The van der Waals surface area contributed by atoms with Crippen molar-refractivity contribution >= 4 is 23.1 Å². The molecule has 1 heterocycles. The third kappa shape index (κ3) is 4.32. The molecule has 180 valence electrons. The largest absolute Gasteiger partial charge is 0.507 e. The average Bonchev–Trinajstić information content (AvgIpc) is 3.13. The Hall–Kier alpha value is -4.27. The topological polar surface area (TPSA) is 76.1 Å². The molecule has 0 aromatic heterocycles. The molecule has 1 saturated heterocycles. The molecule has 35 heavy (non-hydrogen) atoms. The van der Waals surface area contributed by atoms with Gasteiger partial charge in [0.15, 0.2) is 11.5 Å². The fourth-order valence-electron chi connectivity index (χ4n) is 4.02. The number of nitrogens with zero attached hydrogens (tertiary/aromatic N) is 1. The summed E-state index contributed by atoms with van der Waals surface area (Å²) in [5.41, 5.74) is -0.776. The van der Waals surface area contributed by atoms with Gasteiger partial charge in [-0.2, -0.15) is 13.2 Å². The van der Waals surface area contributed by atoms with Crippen molar-refractivity contribution in [3.63, 3.8) is 0 Å². The summed E-state index contributed by atoms with van der Waals surface area (Å²) in [6.07, 6.45) is -4.66. The lowest BCUT2D eigenvalue weighted by atomic mass is 9.94. The van der Waals surface area contributed by atoms with Gasteiger partial charge in [-0.15, -0.1) is 0 Å². The highest BCUT2D eigenvalue weighted by atomic mass is 19.4. The summed E-state index contributed by atoms with van der Waals surface area (Å²) in [5, 5.41) is 11.1. The van der Waals surface area contributed by atoms with Crippen LogP contribution in [0.2, 0.25) is 0 Å². The van der Waals surface area contributed by atoms with E-state index in [1.807, 2.05) is 0 Å². The summed E-state index contributed by atoms with van der Waals surface area (Å²) >= 11 is 0. The van der Waals surface area contributed by atoms with E-state index in [2.05, 4.69) is 0 Å².